The van der Waals surface area contributed by atoms with E-state index in [-0.39, 0.29) is 23.3 Å². The molecule has 1 aromatic carbocycles. The Hall–Kier alpha value is -2.96. The second kappa shape index (κ2) is 8.81. The number of aryl methyl sites for hydroxylation is 1. The van der Waals surface area contributed by atoms with E-state index in [4.69, 9.17) is 0 Å². The van der Waals surface area contributed by atoms with E-state index in [2.05, 4.69) is 15.3 Å². The van der Waals surface area contributed by atoms with Crippen molar-refractivity contribution in [3.63, 3.8) is 0 Å². The number of nitrogens with zero attached hydrogens (tertiary/aromatic N) is 2. The average molecular weight is 411 g/mol. The number of aromatic nitrogens is 2. The first-order chi connectivity index (χ1) is 14.2. The van der Waals surface area contributed by atoms with E-state index >= 15 is 0 Å². The number of nitrogens with one attached hydrogen (secondary N) is 2. The van der Waals surface area contributed by atoms with Gasteiger partial charge in [0.15, 0.2) is 0 Å². The zero-order valence-corrected chi connectivity index (χ0v) is 18.1. The predicted molar refractivity (Wildman–Crippen MR) is 117 cm³/mol. The molecule has 30 heavy (non-hydrogen) atoms. The number of amides is 2. The van der Waals surface area contributed by atoms with E-state index in [9.17, 15) is 14.4 Å². The summed E-state index contributed by atoms with van der Waals surface area (Å²) in [5.41, 5.74) is 1.43. The lowest BCUT2D eigenvalue weighted by molar-refractivity contribution is -0.142. The molecule has 1 aromatic heterocycles. The van der Waals surface area contributed by atoms with Crippen molar-refractivity contribution in [3.05, 3.63) is 46.4 Å². The minimum absolute atomic E-state index is 0.0767. The van der Waals surface area contributed by atoms with E-state index in [1.807, 2.05) is 45.9 Å². The fraction of sp³-hybridized carbons (Fsp3) is 0.478. The van der Waals surface area contributed by atoms with Gasteiger partial charge in [0.25, 0.3) is 5.56 Å². The van der Waals surface area contributed by atoms with E-state index in [0.717, 1.165) is 18.4 Å². The van der Waals surface area contributed by atoms with E-state index in [1.54, 1.807) is 11.0 Å². The predicted octanol–water partition coefficient (Wildman–Crippen LogP) is 3.22. The summed E-state index contributed by atoms with van der Waals surface area (Å²) < 4.78 is 0. The first-order valence-electron chi connectivity index (χ1n) is 10.5. The van der Waals surface area contributed by atoms with Crippen molar-refractivity contribution in [1.82, 2.24) is 14.9 Å². The molecule has 0 spiro atoms. The molecule has 3 rings (SSSR count). The standard InChI is InChI=1S/C23H30N4O3/c1-5-17-13-19(28)26-20(24-17)15-8-6-10-18(12-15)25-21(29)16-9-7-11-27(14-16)22(30)23(2,3)4/h6,8,10,12-13,16H,5,7,9,11,14H2,1-4H3,(H,25,29)(H,24,26,28). The van der Waals surface area contributed by atoms with Crippen LogP contribution in [-0.4, -0.2) is 39.8 Å². The van der Waals surface area contributed by atoms with Gasteiger partial charge in [-0.15, -0.1) is 0 Å². The van der Waals surface area contributed by atoms with E-state index in [1.165, 1.54) is 6.07 Å². The minimum Gasteiger partial charge on any atom is -0.341 e. The Kier molecular flexibility index (Phi) is 6.39. The van der Waals surface area contributed by atoms with E-state index < -0.39 is 5.41 Å². The maximum Gasteiger partial charge on any atom is 0.251 e. The lowest BCUT2D eigenvalue weighted by Gasteiger charge is -2.35. The molecule has 0 radical (unpaired) electrons. The van der Waals surface area contributed by atoms with Crippen molar-refractivity contribution < 1.29 is 9.59 Å². The SMILES string of the molecule is CCc1cc(=O)[nH]c(-c2cccc(NC(=O)C3CCCN(C(=O)C(C)(C)C)C3)c2)n1. The van der Waals surface area contributed by atoms with Crippen molar-refractivity contribution in [3.8, 4) is 11.4 Å². The van der Waals surface area contributed by atoms with Gasteiger partial charge in [-0.1, -0.05) is 39.8 Å². The second-order valence-corrected chi connectivity index (χ2v) is 8.85. The number of aromatic amines is 1. The maximum absolute atomic E-state index is 12.9. The summed E-state index contributed by atoms with van der Waals surface area (Å²) in [6.07, 6.45) is 2.24. The number of carbonyl (C=O) groups is 2. The lowest BCUT2D eigenvalue weighted by Crippen LogP contribution is -2.47. The molecule has 2 amide bonds. The molecule has 0 bridgehead atoms. The Bertz CT molecular complexity index is 990. The topological polar surface area (TPSA) is 95.2 Å². The van der Waals surface area contributed by atoms with Gasteiger partial charge in [0.1, 0.15) is 5.82 Å². The summed E-state index contributed by atoms with van der Waals surface area (Å²) in [6.45, 7) is 8.78. The molecule has 1 aliphatic rings. The molecule has 1 atom stereocenters. The zero-order valence-electron chi connectivity index (χ0n) is 18.1. The van der Waals surface area contributed by atoms with Crippen LogP contribution in [0.4, 0.5) is 5.69 Å². The van der Waals surface area contributed by atoms with Crippen molar-refractivity contribution in [2.24, 2.45) is 11.3 Å². The largest absolute Gasteiger partial charge is 0.341 e. The van der Waals surface area contributed by atoms with Gasteiger partial charge in [0.2, 0.25) is 11.8 Å². The Balaban J connectivity index is 1.73. The van der Waals surface area contributed by atoms with Gasteiger partial charge in [0, 0.05) is 41.5 Å². The minimum atomic E-state index is -0.455. The van der Waals surface area contributed by atoms with Crippen molar-refractivity contribution >= 4 is 17.5 Å². The maximum atomic E-state index is 12.9. The summed E-state index contributed by atoms with van der Waals surface area (Å²) in [7, 11) is 0. The van der Waals surface area contributed by atoms with Crippen LogP contribution in [0.5, 0.6) is 0 Å². The van der Waals surface area contributed by atoms with Gasteiger partial charge in [0.05, 0.1) is 5.92 Å². The number of benzene rings is 1. The zero-order chi connectivity index (χ0) is 21.9. The van der Waals surface area contributed by atoms with Crippen LogP contribution in [0.1, 0.15) is 46.2 Å². The molecule has 0 saturated carbocycles. The van der Waals surface area contributed by atoms with Crippen LogP contribution in [0.2, 0.25) is 0 Å². The quantitative estimate of drug-likeness (QED) is 0.809. The first-order valence-corrected chi connectivity index (χ1v) is 10.5. The highest BCUT2D eigenvalue weighted by molar-refractivity contribution is 5.94. The summed E-state index contributed by atoms with van der Waals surface area (Å²) >= 11 is 0. The first kappa shape index (κ1) is 21.7. The highest BCUT2D eigenvalue weighted by atomic mass is 16.2. The molecule has 2 N–H and O–H groups in total. The lowest BCUT2D eigenvalue weighted by atomic mass is 9.91. The number of likely N-dealkylation sites (tertiary alicyclic amines) is 1. The van der Waals surface area contributed by atoms with Gasteiger partial charge in [-0.25, -0.2) is 4.98 Å². The number of H-pyrrole nitrogens is 1. The number of hydrogen-bond donors (Lipinski definition) is 2. The third-order valence-electron chi connectivity index (χ3n) is 5.28. The number of carbonyl (C=O) groups excluding carboxylic acids is 2. The summed E-state index contributed by atoms with van der Waals surface area (Å²) in [4.78, 5) is 46.3. The fourth-order valence-electron chi connectivity index (χ4n) is 3.66. The van der Waals surface area contributed by atoms with Gasteiger partial charge in [-0.2, -0.15) is 0 Å². The molecule has 2 aromatic rings. The normalized spacial score (nSPS) is 16.9. The molecular formula is C23H30N4O3. The van der Waals surface area contributed by atoms with Crippen LogP contribution in [0.25, 0.3) is 11.4 Å². The molecule has 1 saturated heterocycles. The molecular weight excluding hydrogens is 380 g/mol. The number of hydrogen-bond acceptors (Lipinski definition) is 4. The highest BCUT2D eigenvalue weighted by Gasteiger charge is 2.33. The van der Waals surface area contributed by atoms with Crippen LogP contribution < -0.4 is 10.9 Å². The van der Waals surface area contributed by atoms with Crippen LogP contribution in [0, 0.1) is 11.3 Å². The van der Waals surface area contributed by atoms with E-state index in [0.29, 0.717) is 36.7 Å². The fourth-order valence-corrected chi connectivity index (χ4v) is 3.66. The molecule has 2 heterocycles. The molecule has 7 nitrogen and oxygen atoms in total. The van der Waals surface area contributed by atoms with Crippen molar-refractivity contribution in [2.45, 2.75) is 47.0 Å². The molecule has 1 aliphatic heterocycles. The van der Waals surface area contributed by atoms with Crippen LogP contribution in [-0.2, 0) is 16.0 Å². The van der Waals surface area contributed by atoms with Crippen molar-refractivity contribution in [2.75, 3.05) is 18.4 Å². The van der Waals surface area contributed by atoms with Crippen LogP contribution in [0.3, 0.4) is 0 Å². The van der Waals surface area contributed by atoms with Gasteiger partial charge < -0.3 is 15.2 Å². The summed E-state index contributed by atoms with van der Waals surface area (Å²) in [6, 6.07) is 8.76. The Morgan fingerprint density at radius 3 is 2.73 bits per heavy atom. The Morgan fingerprint density at radius 2 is 2.03 bits per heavy atom. The molecule has 1 fully saturated rings. The monoisotopic (exact) mass is 410 g/mol. The number of piperidine rings is 1. The van der Waals surface area contributed by atoms with Crippen LogP contribution >= 0.6 is 0 Å². The second-order valence-electron chi connectivity index (χ2n) is 8.85. The average Bonchev–Trinajstić information content (AvgIpc) is 2.72. The molecule has 160 valence electrons. The van der Waals surface area contributed by atoms with Crippen molar-refractivity contribution in [1.29, 1.82) is 0 Å². The van der Waals surface area contributed by atoms with Crippen LogP contribution in [0.15, 0.2) is 35.1 Å². The highest BCUT2D eigenvalue weighted by Crippen LogP contribution is 2.25. The Morgan fingerprint density at radius 1 is 1.27 bits per heavy atom. The van der Waals surface area contributed by atoms with Gasteiger partial charge >= 0.3 is 0 Å². The third-order valence-corrected chi connectivity index (χ3v) is 5.28. The van der Waals surface area contributed by atoms with Gasteiger partial charge in [-0.05, 0) is 31.4 Å². The smallest absolute Gasteiger partial charge is 0.251 e. The molecule has 1 unspecified atom stereocenters. The molecule has 7 heteroatoms. The molecule has 0 aliphatic carbocycles. The summed E-state index contributed by atoms with van der Waals surface area (Å²) in [5, 5.41) is 2.97. The number of rotatable bonds is 4. The van der Waals surface area contributed by atoms with Gasteiger partial charge in [-0.3, -0.25) is 14.4 Å². The Labute approximate surface area is 176 Å². The summed E-state index contributed by atoms with van der Waals surface area (Å²) in [5.74, 6) is 0.222. The third kappa shape index (κ3) is 5.14. The number of anilines is 1.